The summed E-state index contributed by atoms with van der Waals surface area (Å²) in [6.07, 6.45) is -0.737. The number of methoxy groups -OCH3 is 1. The summed E-state index contributed by atoms with van der Waals surface area (Å²) >= 11 is 6.07. The quantitative estimate of drug-likeness (QED) is 0.765. The van der Waals surface area contributed by atoms with Gasteiger partial charge in [-0.05, 0) is 43.7 Å². The van der Waals surface area contributed by atoms with Gasteiger partial charge in [0.1, 0.15) is 0 Å². The molecule has 0 fully saturated rings. The molecule has 1 atom stereocenters. The first-order chi connectivity index (χ1) is 11.9. The molecule has 1 N–H and O–H groups in total. The molecule has 25 heavy (non-hydrogen) atoms. The molecule has 2 rings (SSSR count). The van der Waals surface area contributed by atoms with Crippen molar-refractivity contribution in [2.75, 3.05) is 7.11 Å². The van der Waals surface area contributed by atoms with Crippen molar-refractivity contribution in [3.8, 4) is 11.5 Å². The molecule has 0 aliphatic heterocycles. The van der Waals surface area contributed by atoms with Crippen molar-refractivity contribution < 1.29 is 19.1 Å². The first-order valence-electron chi connectivity index (χ1n) is 7.79. The molecule has 1 amide bonds. The molecule has 0 heterocycles. The molecule has 0 aliphatic carbocycles. The molecular weight excluding hydrogens is 342 g/mol. The number of carbonyl (C=O) groups is 2. The van der Waals surface area contributed by atoms with E-state index in [9.17, 15) is 9.59 Å². The maximum Gasteiger partial charge on any atom is 0.261 e. The number of benzene rings is 2. The van der Waals surface area contributed by atoms with E-state index in [4.69, 9.17) is 21.1 Å². The van der Waals surface area contributed by atoms with E-state index in [0.29, 0.717) is 28.6 Å². The van der Waals surface area contributed by atoms with E-state index in [2.05, 4.69) is 5.32 Å². The standard InChI is InChI=1S/C19H20ClNO4/c1-12(22)14-8-9-17(18(10-14)24-3)25-13(2)19(23)21-11-15-6-4-5-7-16(15)20/h4-10,13H,11H2,1-3H3,(H,21,23)/t13-/m1/s1. The molecular formula is C19H20ClNO4. The highest BCUT2D eigenvalue weighted by molar-refractivity contribution is 6.31. The second-order valence-electron chi connectivity index (χ2n) is 5.49. The van der Waals surface area contributed by atoms with Gasteiger partial charge in [-0.3, -0.25) is 9.59 Å². The Kier molecular flexibility index (Phi) is 6.42. The molecule has 0 spiro atoms. The molecule has 5 nitrogen and oxygen atoms in total. The summed E-state index contributed by atoms with van der Waals surface area (Å²) in [6.45, 7) is 3.42. The third-order valence-corrected chi connectivity index (χ3v) is 4.02. The number of rotatable bonds is 7. The molecule has 132 valence electrons. The minimum absolute atomic E-state index is 0.0737. The smallest absolute Gasteiger partial charge is 0.261 e. The Hall–Kier alpha value is -2.53. The molecule has 0 bridgehead atoms. The molecule has 0 saturated heterocycles. The molecule has 0 aromatic heterocycles. The fraction of sp³-hybridized carbons (Fsp3) is 0.263. The van der Waals surface area contributed by atoms with Gasteiger partial charge in [0.25, 0.3) is 5.91 Å². The number of ether oxygens (including phenoxy) is 2. The zero-order chi connectivity index (χ0) is 18.4. The maximum absolute atomic E-state index is 12.2. The Morgan fingerprint density at radius 2 is 1.88 bits per heavy atom. The van der Waals surface area contributed by atoms with Gasteiger partial charge in [-0.25, -0.2) is 0 Å². The van der Waals surface area contributed by atoms with Crippen LogP contribution < -0.4 is 14.8 Å². The number of hydrogen-bond acceptors (Lipinski definition) is 4. The van der Waals surface area contributed by atoms with Crippen LogP contribution in [0.25, 0.3) is 0 Å². The first-order valence-corrected chi connectivity index (χ1v) is 8.17. The van der Waals surface area contributed by atoms with E-state index in [1.807, 2.05) is 18.2 Å². The zero-order valence-electron chi connectivity index (χ0n) is 14.3. The van der Waals surface area contributed by atoms with Crippen LogP contribution in [0.4, 0.5) is 0 Å². The van der Waals surface area contributed by atoms with Crippen molar-refractivity contribution in [1.82, 2.24) is 5.32 Å². The first kappa shape index (κ1) is 18.8. The van der Waals surface area contributed by atoms with E-state index in [1.54, 1.807) is 31.2 Å². The number of ketones is 1. The van der Waals surface area contributed by atoms with Gasteiger partial charge < -0.3 is 14.8 Å². The molecule has 0 aliphatic rings. The van der Waals surface area contributed by atoms with Crippen LogP contribution in [0.3, 0.4) is 0 Å². The minimum atomic E-state index is -0.737. The number of hydrogen-bond donors (Lipinski definition) is 1. The zero-order valence-corrected chi connectivity index (χ0v) is 15.1. The van der Waals surface area contributed by atoms with Crippen molar-refractivity contribution in [3.05, 3.63) is 58.6 Å². The molecule has 6 heteroatoms. The second kappa shape index (κ2) is 8.53. The summed E-state index contributed by atoms with van der Waals surface area (Å²) in [5.74, 6) is 0.444. The van der Waals surface area contributed by atoms with Gasteiger partial charge >= 0.3 is 0 Å². The number of Topliss-reactive ketones (excluding diaryl/α,β-unsaturated/α-hetero) is 1. The van der Waals surface area contributed by atoms with Crippen LogP contribution in [-0.2, 0) is 11.3 Å². The van der Waals surface area contributed by atoms with Crippen LogP contribution in [0.5, 0.6) is 11.5 Å². The van der Waals surface area contributed by atoms with Crippen molar-refractivity contribution >= 4 is 23.3 Å². The van der Waals surface area contributed by atoms with E-state index < -0.39 is 6.10 Å². The van der Waals surface area contributed by atoms with E-state index in [1.165, 1.54) is 14.0 Å². The Morgan fingerprint density at radius 3 is 2.52 bits per heavy atom. The summed E-state index contributed by atoms with van der Waals surface area (Å²) in [5, 5.41) is 3.38. The minimum Gasteiger partial charge on any atom is -0.493 e. The lowest BCUT2D eigenvalue weighted by molar-refractivity contribution is -0.127. The highest BCUT2D eigenvalue weighted by Crippen LogP contribution is 2.29. The molecule has 0 radical (unpaired) electrons. The monoisotopic (exact) mass is 361 g/mol. The highest BCUT2D eigenvalue weighted by Gasteiger charge is 2.17. The van der Waals surface area contributed by atoms with Gasteiger partial charge in [-0.15, -0.1) is 0 Å². The molecule has 0 saturated carbocycles. The van der Waals surface area contributed by atoms with Gasteiger partial charge in [-0.1, -0.05) is 29.8 Å². The number of carbonyl (C=O) groups excluding carboxylic acids is 2. The van der Waals surface area contributed by atoms with E-state index >= 15 is 0 Å². The van der Waals surface area contributed by atoms with Crippen molar-refractivity contribution in [2.45, 2.75) is 26.5 Å². The number of nitrogens with one attached hydrogen (secondary N) is 1. The van der Waals surface area contributed by atoms with Crippen molar-refractivity contribution in [2.24, 2.45) is 0 Å². The second-order valence-corrected chi connectivity index (χ2v) is 5.90. The number of amides is 1. The number of halogens is 1. The topological polar surface area (TPSA) is 64.6 Å². The largest absolute Gasteiger partial charge is 0.493 e. The van der Waals surface area contributed by atoms with Gasteiger partial charge in [-0.2, -0.15) is 0 Å². The molecule has 2 aromatic rings. The lowest BCUT2D eigenvalue weighted by Crippen LogP contribution is -2.36. The third kappa shape index (κ3) is 4.97. The SMILES string of the molecule is COc1cc(C(C)=O)ccc1O[C@H](C)C(=O)NCc1ccccc1Cl. The summed E-state index contributed by atoms with van der Waals surface area (Å²) in [5.41, 5.74) is 1.34. The highest BCUT2D eigenvalue weighted by atomic mass is 35.5. The molecule has 0 unspecified atom stereocenters. The summed E-state index contributed by atoms with van der Waals surface area (Å²) in [7, 11) is 1.48. The molecule has 2 aromatic carbocycles. The predicted molar refractivity (Wildman–Crippen MR) is 96.4 cm³/mol. The van der Waals surface area contributed by atoms with Crippen LogP contribution in [-0.4, -0.2) is 24.9 Å². The Bertz CT molecular complexity index is 776. The van der Waals surface area contributed by atoms with Gasteiger partial charge in [0.05, 0.1) is 7.11 Å². The van der Waals surface area contributed by atoms with Gasteiger partial charge in [0.2, 0.25) is 0 Å². The van der Waals surface area contributed by atoms with Gasteiger partial charge in [0, 0.05) is 17.1 Å². The van der Waals surface area contributed by atoms with Crippen LogP contribution in [0.2, 0.25) is 5.02 Å². The average Bonchev–Trinajstić information content (AvgIpc) is 2.60. The Labute approximate surface area is 151 Å². The van der Waals surface area contributed by atoms with Crippen LogP contribution in [0.1, 0.15) is 29.8 Å². The summed E-state index contributed by atoms with van der Waals surface area (Å²) < 4.78 is 10.9. The Morgan fingerprint density at radius 1 is 1.16 bits per heavy atom. The normalized spacial score (nSPS) is 11.5. The third-order valence-electron chi connectivity index (χ3n) is 3.65. The fourth-order valence-electron chi connectivity index (χ4n) is 2.20. The lowest BCUT2D eigenvalue weighted by Gasteiger charge is -2.17. The van der Waals surface area contributed by atoms with Crippen LogP contribution in [0, 0.1) is 0 Å². The summed E-state index contributed by atoms with van der Waals surface area (Å²) in [6, 6.07) is 12.1. The maximum atomic E-state index is 12.2. The van der Waals surface area contributed by atoms with Crippen molar-refractivity contribution in [1.29, 1.82) is 0 Å². The van der Waals surface area contributed by atoms with E-state index in [-0.39, 0.29) is 11.7 Å². The predicted octanol–water partition coefficient (Wildman–Crippen LogP) is 3.63. The van der Waals surface area contributed by atoms with Crippen molar-refractivity contribution in [3.63, 3.8) is 0 Å². The van der Waals surface area contributed by atoms with Crippen LogP contribution in [0.15, 0.2) is 42.5 Å². The Balaban J connectivity index is 2.01. The van der Waals surface area contributed by atoms with E-state index in [0.717, 1.165) is 5.56 Å². The van der Waals surface area contributed by atoms with Crippen LogP contribution >= 0.6 is 11.6 Å². The summed E-state index contributed by atoms with van der Waals surface area (Å²) in [4.78, 5) is 23.7. The average molecular weight is 362 g/mol. The lowest BCUT2D eigenvalue weighted by atomic mass is 10.1. The van der Waals surface area contributed by atoms with Gasteiger partial charge in [0.15, 0.2) is 23.4 Å². The fourth-order valence-corrected chi connectivity index (χ4v) is 2.40.